The molecule has 16 heavy (non-hydrogen) atoms. The number of carbonyl (C=O) groups excluding carboxylic acids is 1. The first kappa shape index (κ1) is 11.9. The van der Waals surface area contributed by atoms with Crippen LogP contribution in [0.15, 0.2) is 0 Å². The summed E-state index contributed by atoms with van der Waals surface area (Å²) in [5.41, 5.74) is 0. The topological polar surface area (TPSA) is 41.6 Å². The summed E-state index contributed by atoms with van der Waals surface area (Å²) in [4.78, 5) is 14.0. The Kier molecular flexibility index (Phi) is 4.18. The molecule has 0 aromatic carbocycles. The molecule has 2 fully saturated rings. The monoisotopic (exact) mass is 226 g/mol. The quantitative estimate of drug-likeness (QED) is 0.767. The second-order valence-electron chi connectivity index (χ2n) is 4.93. The van der Waals surface area contributed by atoms with E-state index in [1.54, 1.807) is 0 Å². The molecule has 2 aliphatic rings. The van der Waals surface area contributed by atoms with Crippen molar-refractivity contribution in [2.75, 3.05) is 33.4 Å². The fraction of sp³-hybridized carbons (Fsp3) is 0.917. The summed E-state index contributed by atoms with van der Waals surface area (Å²) < 4.78 is 5.36. The number of hydrogen-bond donors (Lipinski definition) is 1. The molecule has 2 rings (SSSR count). The third-order valence-electron chi connectivity index (χ3n) is 3.54. The summed E-state index contributed by atoms with van der Waals surface area (Å²) in [6, 6.07) is 0.499. The number of nitrogens with zero attached hydrogens (tertiary/aromatic N) is 1. The van der Waals surface area contributed by atoms with Gasteiger partial charge in [0.1, 0.15) is 0 Å². The highest BCUT2D eigenvalue weighted by Gasteiger charge is 2.26. The predicted molar refractivity (Wildman–Crippen MR) is 62.2 cm³/mol. The molecule has 2 heterocycles. The molecule has 2 unspecified atom stereocenters. The Balaban J connectivity index is 1.78. The maximum Gasteiger partial charge on any atom is 0.227 e. The van der Waals surface area contributed by atoms with Gasteiger partial charge in [0.2, 0.25) is 5.91 Å². The normalized spacial score (nSPS) is 30.3. The Morgan fingerprint density at radius 1 is 1.44 bits per heavy atom. The second-order valence-corrected chi connectivity index (χ2v) is 4.93. The van der Waals surface area contributed by atoms with Crippen LogP contribution in [0.4, 0.5) is 0 Å². The average Bonchev–Trinajstić information content (AvgIpc) is 2.82. The lowest BCUT2D eigenvalue weighted by atomic mass is 10.0. The van der Waals surface area contributed by atoms with Crippen LogP contribution in [0, 0.1) is 5.92 Å². The number of carbonyl (C=O) groups is 1. The van der Waals surface area contributed by atoms with Crippen molar-refractivity contribution in [3.05, 3.63) is 0 Å². The standard InChI is InChI=1S/C12H22N2O2/c1-14(8-11-5-2-6-13-11)12(15)10-4-3-7-16-9-10/h10-11,13H,2-9H2,1H3. The molecular weight excluding hydrogens is 204 g/mol. The number of likely N-dealkylation sites (N-methyl/N-ethyl adjacent to an activating group) is 1. The van der Waals surface area contributed by atoms with Crippen LogP contribution in [0.2, 0.25) is 0 Å². The molecule has 0 aromatic rings. The summed E-state index contributed by atoms with van der Waals surface area (Å²) in [5.74, 6) is 0.355. The van der Waals surface area contributed by atoms with Crippen LogP contribution < -0.4 is 5.32 Å². The Hall–Kier alpha value is -0.610. The molecule has 4 nitrogen and oxygen atoms in total. The van der Waals surface area contributed by atoms with E-state index in [0.717, 1.165) is 32.5 Å². The molecule has 0 radical (unpaired) electrons. The Morgan fingerprint density at radius 2 is 2.31 bits per heavy atom. The minimum atomic E-state index is 0.0974. The van der Waals surface area contributed by atoms with Crippen molar-refractivity contribution in [1.82, 2.24) is 10.2 Å². The summed E-state index contributed by atoms with van der Waals surface area (Å²) in [7, 11) is 1.91. The Bertz CT molecular complexity index is 233. The molecule has 0 saturated carbocycles. The zero-order valence-corrected chi connectivity index (χ0v) is 10.1. The van der Waals surface area contributed by atoms with Gasteiger partial charge in [0.15, 0.2) is 0 Å². The van der Waals surface area contributed by atoms with Gasteiger partial charge in [-0.05, 0) is 32.2 Å². The maximum absolute atomic E-state index is 12.1. The highest BCUT2D eigenvalue weighted by molar-refractivity contribution is 5.78. The van der Waals surface area contributed by atoms with Gasteiger partial charge in [-0.3, -0.25) is 4.79 Å². The van der Waals surface area contributed by atoms with Crippen molar-refractivity contribution >= 4 is 5.91 Å². The van der Waals surface area contributed by atoms with Crippen LogP contribution >= 0.6 is 0 Å². The first-order valence-electron chi connectivity index (χ1n) is 6.33. The van der Waals surface area contributed by atoms with E-state index in [2.05, 4.69) is 5.32 Å². The number of hydrogen-bond acceptors (Lipinski definition) is 3. The Morgan fingerprint density at radius 3 is 2.94 bits per heavy atom. The molecule has 2 atom stereocenters. The minimum absolute atomic E-state index is 0.0974. The summed E-state index contributed by atoms with van der Waals surface area (Å²) in [5, 5.41) is 3.42. The zero-order chi connectivity index (χ0) is 11.4. The molecule has 2 saturated heterocycles. The molecule has 4 heteroatoms. The smallest absolute Gasteiger partial charge is 0.227 e. The lowest BCUT2D eigenvalue weighted by Crippen LogP contribution is -2.43. The highest BCUT2D eigenvalue weighted by Crippen LogP contribution is 2.16. The molecule has 0 aliphatic carbocycles. The molecule has 92 valence electrons. The van der Waals surface area contributed by atoms with E-state index in [1.165, 1.54) is 12.8 Å². The van der Waals surface area contributed by atoms with Gasteiger partial charge in [0, 0.05) is 26.2 Å². The molecule has 0 spiro atoms. The van der Waals surface area contributed by atoms with Gasteiger partial charge < -0.3 is 15.0 Å². The van der Waals surface area contributed by atoms with Crippen LogP contribution in [0.1, 0.15) is 25.7 Å². The molecule has 1 N–H and O–H groups in total. The first-order valence-corrected chi connectivity index (χ1v) is 6.33. The fourth-order valence-electron chi connectivity index (χ4n) is 2.58. The van der Waals surface area contributed by atoms with Crippen molar-refractivity contribution in [3.63, 3.8) is 0 Å². The van der Waals surface area contributed by atoms with E-state index in [4.69, 9.17) is 4.74 Å². The Labute approximate surface area is 97.3 Å². The van der Waals surface area contributed by atoms with Crippen LogP contribution in [-0.4, -0.2) is 50.2 Å². The van der Waals surface area contributed by atoms with Crippen molar-refractivity contribution in [2.45, 2.75) is 31.7 Å². The van der Waals surface area contributed by atoms with Crippen LogP contribution in [0.3, 0.4) is 0 Å². The van der Waals surface area contributed by atoms with Crippen LogP contribution in [-0.2, 0) is 9.53 Å². The van der Waals surface area contributed by atoms with Crippen molar-refractivity contribution in [2.24, 2.45) is 5.92 Å². The molecule has 1 amide bonds. The third-order valence-corrected chi connectivity index (χ3v) is 3.54. The predicted octanol–water partition coefficient (Wildman–Crippen LogP) is 0.623. The van der Waals surface area contributed by atoms with E-state index >= 15 is 0 Å². The lowest BCUT2D eigenvalue weighted by molar-refractivity contribution is -0.138. The van der Waals surface area contributed by atoms with E-state index in [-0.39, 0.29) is 11.8 Å². The van der Waals surface area contributed by atoms with Gasteiger partial charge >= 0.3 is 0 Å². The van der Waals surface area contributed by atoms with Gasteiger partial charge in [0.05, 0.1) is 12.5 Å². The van der Waals surface area contributed by atoms with Crippen molar-refractivity contribution < 1.29 is 9.53 Å². The summed E-state index contributed by atoms with van der Waals surface area (Å²) in [6.07, 6.45) is 4.44. The van der Waals surface area contributed by atoms with Crippen molar-refractivity contribution in [1.29, 1.82) is 0 Å². The molecule has 0 aromatic heterocycles. The number of nitrogens with one attached hydrogen (secondary N) is 1. The largest absolute Gasteiger partial charge is 0.381 e. The fourth-order valence-corrected chi connectivity index (χ4v) is 2.58. The number of amides is 1. The first-order chi connectivity index (χ1) is 7.77. The van der Waals surface area contributed by atoms with Crippen molar-refractivity contribution in [3.8, 4) is 0 Å². The summed E-state index contributed by atoms with van der Waals surface area (Å²) in [6.45, 7) is 3.37. The van der Waals surface area contributed by atoms with Gasteiger partial charge in [-0.2, -0.15) is 0 Å². The number of ether oxygens (including phenoxy) is 1. The van der Waals surface area contributed by atoms with E-state index < -0.39 is 0 Å². The lowest BCUT2D eigenvalue weighted by Gasteiger charge is -2.28. The number of rotatable bonds is 3. The maximum atomic E-state index is 12.1. The van der Waals surface area contributed by atoms with Crippen LogP contribution in [0.5, 0.6) is 0 Å². The molecular formula is C12H22N2O2. The molecule has 0 bridgehead atoms. The second kappa shape index (κ2) is 5.64. The SMILES string of the molecule is CN(CC1CCCN1)C(=O)C1CCCOC1. The molecule has 2 aliphatic heterocycles. The highest BCUT2D eigenvalue weighted by atomic mass is 16.5. The van der Waals surface area contributed by atoms with Gasteiger partial charge in [-0.25, -0.2) is 0 Å². The van der Waals surface area contributed by atoms with E-state index in [0.29, 0.717) is 12.6 Å². The summed E-state index contributed by atoms with van der Waals surface area (Å²) >= 11 is 0. The van der Waals surface area contributed by atoms with Gasteiger partial charge in [0.25, 0.3) is 0 Å². The third kappa shape index (κ3) is 2.95. The van der Waals surface area contributed by atoms with Crippen LogP contribution in [0.25, 0.3) is 0 Å². The van der Waals surface area contributed by atoms with Gasteiger partial charge in [-0.1, -0.05) is 0 Å². The van der Waals surface area contributed by atoms with E-state index in [9.17, 15) is 4.79 Å². The zero-order valence-electron chi connectivity index (χ0n) is 10.1. The average molecular weight is 226 g/mol. The van der Waals surface area contributed by atoms with E-state index in [1.807, 2.05) is 11.9 Å². The minimum Gasteiger partial charge on any atom is -0.381 e. The van der Waals surface area contributed by atoms with Gasteiger partial charge in [-0.15, -0.1) is 0 Å².